The predicted molar refractivity (Wildman–Crippen MR) is 42.9 cm³/mol. The Morgan fingerprint density at radius 2 is 2.18 bits per heavy atom. The Morgan fingerprint density at radius 3 is 2.64 bits per heavy atom. The maximum atomic E-state index is 10.7. The van der Waals surface area contributed by atoms with Crippen molar-refractivity contribution in [1.82, 2.24) is 0 Å². The first-order valence-corrected chi connectivity index (χ1v) is 3.76. The van der Waals surface area contributed by atoms with Gasteiger partial charge in [0.05, 0.1) is 7.11 Å². The van der Waals surface area contributed by atoms with Crippen LogP contribution in [0.2, 0.25) is 0 Å². The number of esters is 1. The zero-order valence-electron chi connectivity index (χ0n) is 6.88. The highest BCUT2D eigenvalue weighted by molar-refractivity contribution is 5.75. The molecular formula is C7H16N2O2. The number of unbranched alkanes of at least 4 members (excludes halogenated alkanes) is 1. The second-order valence-corrected chi connectivity index (χ2v) is 2.41. The Kier molecular flexibility index (Phi) is 5.78. The summed E-state index contributed by atoms with van der Waals surface area (Å²) in [5, 5.41) is 0. The molecule has 0 aromatic carbocycles. The Labute approximate surface area is 66.9 Å². The maximum absolute atomic E-state index is 10.7. The summed E-state index contributed by atoms with van der Waals surface area (Å²) in [6, 6.07) is -0.480. The molecule has 0 spiro atoms. The quantitative estimate of drug-likeness (QED) is 0.424. The number of carbonyl (C=O) groups excluding carboxylic acids is 1. The molecule has 66 valence electrons. The van der Waals surface area contributed by atoms with E-state index in [9.17, 15) is 4.79 Å². The molecule has 0 amide bonds. The molecular weight excluding hydrogens is 144 g/mol. The van der Waals surface area contributed by atoms with E-state index in [1.54, 1.807) is 0 Å². The van der Waals surface area contributed by atoms with E-state index in [0.29, 0.717) is 13.0 Å². The third-order valence-electron chi connectivity index (χ3n) is 1.47. The number of carbonyl (C=O) groups is 1. The molecule has 4 N–H and O–H groups in total. The molecule has 0 saturated heterocycles. The van der Waals surface area contributed by atoms with Gasteiger partial charge in [0, 0.05) is 0 Å². The summed E-state index contributed by atoms with van der Waals surface area (Å²) in [6.07, 6.45) is 2.45. The molecule has 0 aromatic heterocycles. The molecule has 0 heterocycles. The minimum absolute atomic E-state index is 0.345. The first-order valence-electron chi connectivity index (χ1n) is 3.76. The van der Waals surface area contributed by atoms with Gasteiger partial charge in [0.2, 0.25) is 0 Å². The van der Waals surface area contributed by atoms with Crippen LogP contribution in [0.3, 0.4) is 0 Å². The molecule has 11 heavy (non-hydrogen) atoms. The van der Waals surface area contributed by atoms with E-state index in [-0.39, 0.29) is 5.97 Å². The van der Waals surface area contributed by atoms with Gasteiger partial charge in [0.25, 0.3) is 0 Å². The van der Waals surface area contributed by atoms with Crippen molar-refractivity contribution in [2.75, 3.05) is 13.7 Å². The van der Waals surface area contributed by atoms with Crippen LogP contribution in [0.25, 0.3) is 0 Å². The van der Waals surface area contributed by atoms with Crippen molar-refractivity contribution >= 4 is 5.97 Å². The SMILES string of the molecule is COC(=O)[C@H](N)CCCCN. The van der Waals surface area contributed by atoms with Gasteiger partial charge >= 0.3 is 5.97 Å². The van der Waals surface area contributed by atoms with Crippen molar-refractivity contribution in [3.63, 3.8) is 0 Å². The van der Waals surface area contributed by atoms with Crippen LogP contribution in [0.4, 0.5) is 0 Å². The lowest BCUT2D eigenvalue weighted by Crippen LogP contribution is -2.31. The highest BCUT2D eigenvalue weighted by Gasteiger charge is 2.11. The third-order valence-corrected chi connectivity index (χ3v) is 1.47. The fraction of sp³-hybridized carbons (Fsp3) is 0.857. The lowest BCUT2D eigenvalue weighted by atomic mass is 10.1. The minimum Gasteiger partial charge on any atom is -0.468 e. The smallest absolute Gasteiger partial charge is 0.322 e. The van der Waals surface area contributed by atoms with Gasteiger partial charge in [0.15, 0.2) is 0 Å². The monoisotopic (exact) mass is 160 g/mol. The number of methoxy groups -OCH3 is 1. The van der Waals surface area contributed by atoms with Crippen molar-refractivity contribution in [2.45, 2.75) is 25.3 Å². The van der Waals surface area contributed by atoms with E-state index in [0.717, 1.165) is 12.8 Å². The van der Waals surface area contributed by atoms with Crippen LogP contribution in [0.1, 0.15) is 19.3 Å². The van der Waals surface area contributed by atoms with Crippen molar-refractivity contribution < 1.29 is 9.53 Å². The average molecular weight is 160 g/mol. The Bertz CT molecular complexity index is 117. The van der Waals surface area contributed by atoms with E-state index in [1.165, 1.54) is 7.11 Å². The van der Waals surface area contributed by atoms with E-state index in [2.05, 4.69) is 4.74 Å². The maximum Gasteiger partial charge on any atom is 0.322 e. The molecule has 0 rings (SSSR count). The van der Waals surface area contributed by atoms with Gasteiger partial charge in [-0.05, 0) is 19.4 Å². The Balaban J connectivity index is 3.36. The number of hydrogen-bond donors (Lipinski definition) is 2. The van der Waals surface area contributed by atoms with Crippen LogP contribution >= 0.6 is 0 Å². The summed E-state index contributed by atoms with van der Waals surface area (Å²) < 4.78 is 4.45. The van der Waals surface area contributed by atoms with Gasteiger partial charge in [0.1, 0.15) is 6.04 Å². The highest BCUT2D eigenvalue weighted by atomic mass is 16.5. The topological polar surface area (TPSA) is 78.3 Å². The number of ether oxygens (including phenoxy) is 1. The van der Waals surface area contributed by atoms with Crippen molar-refractivity contribution in [3.05, 3.63) is 0 Å². The van der Waals surface area contributed by atoms with Gasteiger partial charge in [-0.3, -0.25) is 4.79 Å². The van der Waals surface area contributed by atoms with Crippen LogP contribution < -0.4 is 11.5 Å². The lowest BCUT2D eigenvalue weighted by molar-refractivity contribution is -0.142. The van der Waals surface area contributed by atoms with Crippen LogP contribution in [0.15, 0.2) is 0 Å². The van der Waals surface area contributed by atoms with E-state index in [1.807, 2.05) is 0 Å². The Morgan fingerprint density at radius 1 is 1.55 bits per heavy atom. The van der Waals surface area contributed by atoms with Gasteiger partial charge in [-0.25, -0.2) is 0 Å². The molecule has 0 fully saturated rings. The van der Waals surface area contributed by atoms with Crippen LogP contribution in [-0.2, 0) is 9.53 Å². The predicted octanol–water partition coefficient (Wildman–Crippen LogP) is -0.384. The van der Waals surface area contributed by atoms with Crippen LogP contribution in [0, 0.1) is 0 Å². The first-order chi connectivity index (χ1) is 5.22. The van der Waals surface area contributed by atoms with E-state index in [4.69, 9.17) is 11.5 Å². The first kappa shape index (κ1) is 10.4. The van der Waals surface area contributed by atoms with Gasteiger partial charge in [-0.15, -0.1) is 0 Å². The summed E-state index contributed by atoms with van der Waals surface area (Å²) >= 11 is 0. The molecule has 0 aliphatic carbocycles. The normalized spacial score (nSPS) is 12.6. The summed E-state index contributed by atoms with van der Waals surface area (Å²) in [6.45, 7) is 0.647. The molecule has 0 bridgehead atoms. The second-order valence-electron chi connectivity index (χ2n) is 2.41. The largest absolute Gasteiger partial charge is 0.468 e. The Hall–Kier alpha value is -0.610. The van der Waals surface area contributed by atoms with Crippen molar-refractivity contribution in [3.8, 4) is 0 Å². The molecule has 0 aliphatic heterocycles. The molecule has 0 unspecified atom stereocenters. The van der Waals surface area contributed by atoms with Crippen molar-refractivity contribution in [2.24, 2.45) is 11.5 Å². The number of hydrogen-bond acceptors (Lipinski definition) is 4. The van der Waals surface area contributed by atoms with E-state index >= 15 is 0 Å². The summed E-state index contributed by atoms with van der Waals surface area (Å²) in [5.74, 6) is -0.345. The van der Waals surface area contributed by atoms with Gasteiger partial charge < -0.3 is 16.2 Å². The third kappa shape index (κ3) is 4.75. The summed E-state index contributed by atoms with van der Waals surface area (Å²) in [4.78, 5) is 10.7. The van der Waals surface area contributed by atoms with Crippen molar-refractivity contribution in [1.29, 1.82) is 0 Å². The van der Waals surface area contributed by atoms with Gasteiger partial charge in [-0.2, -0.15) is 0 Å². The lowest BCUT2D eigenvalue weighted by Gasteiger charge is -2.07. The second kappa shape index (κ2) is 6.12. The number of nitrogens with two attached hydrogens (primary N) is 2. The highest BCUT2D eigenvalue weighted by Crippen LogP contribution is 1.98. The minimum atomic E-state index is -0.480. The fourth-order valence-electron chi connectivity index (χ4n) is 0.778. The average Bonchev–Trinajstić information content (AvgIpc) is 2.03. The van der Waals surface area contributed by atoms with E-state index < -0.39 is 6.04 Å². The molecule has 0 saturated carbocycles. The summed E-state index contributed by atoms with van der Waals surface area (Å²) in [5.41, 5.74) is 10.7. The van der Waals surface area contributed by atoms with Crippen LogP contribution in [0.5, 0.6) is 0 Å². The van der Waals surface area contributed by atoms with Crippen LogP contribution in [-0.4, -0.2) is 25.7 Å². The fourth-order valence-corrected chi connectivity index (χ4v) is 0.778. The zero-order chi connectivity index (χ0) is 8.69. The summed E-state index contributed by atoms with van der Waals surface area (Å²) in [7, 11) is 1.34. The number of rotatable bonds is 5. The standard InChI is InChI=1S/C7H16N2O2/c1-11-7(10)6(9)4-2-3-5-8/h6H,2-5,8-9H2,1H3/t6-/m1/s1. The molecule has 0 aromatic rings. The zero-order valence-corrected chi connectivity index (χ0v) is 6.88. The molecule has 1 atom stereocenters. The van der Waals surface area contributed by atoms with Gasteiger partial charge in [-0.1, -0.05) is 6.42 Å². The molecule has 0 aliphatic rings. The molecule has 4 nitrogen and oxygen atoms in total. The molecule has 4 heteroatoms. The molecule has 0 radical (unpaired) electrons.